The molecule has 8 heteroatoms. The number of carbonyl (C=O) groups excluding carboxylic acids is 1. The van der Waals surface area contributed by atoms with E-state index in [1.807, 2.05) is 25.1 Å². The lowest BCUT2D eigenvalue weighted by Crippen LogP contribution is -2.42. The number of nitrogens with zero attached hydrogens (tertiary/aromatic N) is 1. The minimum atomic E-state index is -3.98. The average molecular weight is 543 g/mol. The summed E-state index contributed by atoms with van der Waals surface area (Å²) in [5, 5.41) is 3.06. The SMILES string of the molecule is CCOc1ccc(N(CC(=O)N[C@H]2CCCc3ccccc32)S(=O)(=O)c2ccc(Br)cc2)cc1. The van der Waals surface area contributed by atoms with Crippen LogP contribution >= 0.6 is 15.9 Å². The van der Waals surface area contributed by atoms with Gasteiger partial charge in [0.15, 0.2) is 0 Å². The molecule has 0 aromatic heterocycles. The number of benzene rings is 3. The topological polar surface area (TPSA) is 75.7 Å². The van der Waals surface area contributed by atoms with Crippen molar-refractivity contribution in [2.45, 2.75) is 37.1 Å². The van der Waals surface area contributed by atoms with Crippen LogP contribution in [0.5, 0.6) is 5.75 Å². The second kappa shape index (κ2) is 10.6. The summed E-state index contributed by atoms with van der Waals surface area (Å²) in [6.45, 7) is 2.06. The van der Waals surface area contributed by atoms with E-state index in [4.69, 9.17) is 4.74 Å². The van der Waals surface area contributed by atoms with E-state index in [9.17, 15) is 13.2 Å². The third-order valence-electron chi connectivity index (χ3n) is 5.83. The lowest BCUT2D eigenvalue weighted by molar-refractivity contribution is -0.120. The Labute approximate surface area is 209 Å². The molecule has 0 fully saturated rings. The highest BCUT2D eigenvalue weighted by atomic mass is 79.9. The third-order valence-corrected chi connectivity index (χ3v) is 8.15. The zero-order valence-corrected chi connectivity index (χ0v) is 21.3. The second-order valence-electron chi connectivity index (χ2n) is 8.10. The number of aryl methyl sites for hydroxylation is 1. The summed E-state index contributed by atoms with van der Waals surface area (Å²) in [5.74, 6) is 0.284. The Morgan fingerprint density at radius 3 is 2.47 bits per heavy atom. The van der Waals surface area contributed by atoms with Crippen LogP contribution in [-0.4, -0.2) is 27.5 Å². The smallest absolute Gasteiger partial charge is 0.264 e. The summed E-state index contributed by atoms with van der Waals surface area (Å²) in [6.07, 6.45) is 2.78. The predicted octanol–water partition coefficient (Wildman–Crippen LogP) is 5.24. The molecule has 0 bridgehead atoms. The zero-order valence-electron chi connectivity index (χ0n) is 18.9. The molecule has 6 nitrogen and oxygen atoms in total. The standard InChI is InChI=1S/C26H27BrN2O4S/c1-2-33-22-14-12-21(13-15-22)29(34(31,32)23-16-10-20(27)11-17-23)18-26(30)28-25-9-5-7-19-6-3-4-8-24(19)25/h3-4,6,8,10-17,25H,2,5,7,9,18H2,1H3,(H,28,30)/t25-/m0/s1. The van der Waals surface area contributed by atoms with Crippen LogP contribution in [0.25, 0.3) is 0 Å². The van der Waals surface area contributed by atoms with Crippen LogP contribution in [0.4, 0.5) is 5.69 Å². The van der Waals surface area contributed by atoms with Crippen molar-refractivity contribution in [1.82, 2.24) is 5.32 Å². The molecule has 1 aliphatic rings. The second-order valence-corrected chi connectivity index (χ2v) is 10.9. The van der Waals surface area contributed by atoms with E-state index < -0.39 is 10.0 Å². The van der Waals surface area contributed by atoms with Crippen LogP contribution in [0.15, 0.2) is 82.2 Å². The molecular weight excluding hydrogens is 516 g/mol. The number of carbonyl (C=O) groups is 1. The van der Waals surface area contributed by atoms with Gasteiger partial charge in [0, 0.05) is 4.47 Å². The van der Waals surface area contributed by atoms with E-state index in [1.165, 1.54) is 17.7 Å². The molecule has 0 spiro atoms. The first-order valence-corrected chi connectivity index (χ1v) is 13.5. The van der Waals surface area contributed by atoms with E-state index >= 15 is 0 Å². The number of fused-ring (bicyclic) bond motifs is 1. The summed E-state index contributed by atoms with van der Waals surface area (Å²) in [5.41, 5.74) is 2.72. The van der Waals surface area contributed by atoms with Crippen LogP contribution in [0.1, 0.15) is 36.9 Å². The minimum absolute atomic E-state index is 0.111. The number of amides is 1. The van der Waals surface area contributed by atoms with Gasteiger partial charge in [-0.05, 0) is 85.8 Å². The molecule has 0 saturated carbocycles. The Kier molecular flexibility index (Phi) is 7.58. The molecule has 1 N–H and O–H groups in total. The fourth-order valence-corrected chi connectivity index (χ4v) is 5.88. The molecule has 0 aliphatic heterocycles. The van der Waals surface area contributed by atoms with Gasteiger partial charge < -0.3 is 10.1 Å². The van der Waals surface area contributed by atoms with E-state index in [-0.39, 0.29) is 23.4 Å². The molecule has 34 heavy (non-hydrogen) atoms. The van der Waals surface area contributed by atoms with Gasteiger partial charge in [0.2, 0.25) is 5.91 Å². The first-order chi connectivity index (χ1) is 16.4. The molecule has 3 aromatic rings. The largest absolute Gasteiger partial charge is 0.494 e. The van der Waals surface area contributed by atoms with Gasteiger partial charge in [-0.2, -0.15) is 0 Å². The molecule has 3 aromatic carbocycles. The molecule has 0 heterocycles. The fraction of sp³-hybridized carbons (Fsp3) is 0.269. The highest BCUT2D eigenvalue weighted by molar-refractivity contribution is 9.10. The number of halogens is 1. The molecule has 0 saturated heterocycles. The predicted molar refractivity (Wildman–Crippen MR) is 137 cm³/mol. The Morgan fingerprint density at radius 2 is 1.76 bits per heavy atom. The lowest BCUT2D eigenvalue weighted by Gasteiger charge is -2.29. The zero-order chi connectivity index (χ0) is 24.1. The molecule has 178 valence electrons. The Morgan fingerprint density at radius 1 is 1.06 bits per heavy atom. The first kappa shape index (κ1) is 24.3. The van der Waals surface area contributed by atoms with Crippen LogP contribution in [0, 0.1) is 0 Å². The van der Waals surface area contributed by atoms with Crippen LogP contribution in [-0.2, 0) is 21.2 Å². The van der Waals surface area contributed by atoms with E-state index in [2.05, 4.69) is 27.3 Å². The lowest BCUT2D eigenvalue weighted by atomic mass is 9.88. The van der Waals surface area contributed by atoms with Gasteiger partial charge in [-0.15, -0.1) is 0 Å². The number of sulfonamides is 1. The van der Waals surface area contributed by atoms with Crippen molar-refractivity contribution in [3.05, 3.63) is 88.4 Å². The van der Waals surface area contributed by atoms with E-state index in [0.717, 1.165) is 33.6 Å². The fourth-order valence-electron chi connectivity index (χ4n) is 4.20. The Bertz CT molecular complexity index is 1240. The summed E-state index contributed by atoms with van der Waals surface area (Å²) in [6, 6.07) is 21.1. The van der Waals surface area contributed by atoms with Gasteiger partial charge >= 0.3 is 0 Å². The number of anilines is 1. The number of ether oxygens (including phenoxy) is 1. The Balaban J connectivity index is 1.62. The third kappa shape index (κ3) is 5.45. The Hall–Kier alpha value is -2.84. The van der Waals surface area contributed by atoms with Crippen molar-refractivity contribution in [3.63, 3.8) is 0 Å². The van der Waals surface area contributed by atoms with Gasteiger partial charge in [-0.3, -0.25) is 9.10 Å². The van der Waals surface area contributed by atoms with Gasteiger partial charge in [0.1, 0.15) is 12.3 Å². The maximum atomic E-state index is 13.6. The van der Waals surface area contributed by atoms with Crippen molar-refractivity contribution >= 4 is 37.5 Å². The molecule has 1 atom stereocenters. The maximum Gasteiger partial charge on any atom is 0.264 e. The number of rotatable bonds is 8. The van der Waals surface area contributed by atoms with Crippen molar-refractivity contribution in [2.75, 3.05) is 17.5 Å². The van der Waals surface area contributed by atoms with Gasteiger partial charge in [-0.25, -0.2) is 8.42 Å². The van der Waals surface area contributed by atoms with Crippen molar-refractivity contribution in [1.29, 1.82) is 0 Å². The molecule has 1 aliphatic carbocycles. The summed E-state index contributed by atoms with van der Waals surface area (Å²) in [4.78, 5) is 13.3. The number of hydrogen-bond donors (Lipinski definition) is 1. The molecule has 1 amide bonds. The van der Waals surface area contributed by atoms with Crippen molar-refractivity contribution in [2.24, 2.45) is 0 Å². The average Bonchev–Trinajstić information content (AvgIpc) is 2.84. The quantitative estimate of drug-likeness (QED) is 0.422. The van der Waals surface area contributed by atoms with Crippen LogP contribution in [0.3, 0.4) is 0 Å². The van der Waals surface area contributed by atoms with Gasteiger partial charge in [-0.1, -0.05) is 40.2 Å². The molecular formula is C26H27BrN2O4S. The van der Waals surface area contributed by atoms with Crippen molar-refractivity contribution < 1.29 is 17.9 Å². The summed E-state index contributed by atoms with van der Waals surface area (Å²) in [7, 11) is -3.98. The number of nitrogens with one attached hydrogen (secondary N) is 1. The highest BCUT2D eigenvalue weighted by Gasteiger charge is 2.29. The number of hydrogen-bond acceptors (Lipinski definition) is 4. The minimum Gasteiger partial charge on any atom is -0.494 e. The monoisotopic (exact) mass is 542 g/mol. The molecule has 0 unspecified atom stereocenters. The van der Waals surface area contributed by atoms with Gasteiger partial charge in [0.05, 0.1) is 23.2 Å². The summed E-state index contributed by atoms with van der Waals surface area (Å²) >= 11 is 3.34. The highest BCUT2D eigenvalue weighted by Crippen LogP contribution is 2.30. The van der Waals surface area contributed by atoms with Gasteiger partial charge in [0.25, 0.3) is 10.0 Å². The maximum absolute atomic E-state index is 13.6. The van der Waals surface area contributed by atoms with E-state index in [1.54, 1.807) is 36.4 Å². The van der Waals surface area contributed by atoms with E-state index in [0.29, 0.717) is 18.0 Å². The van der Waals surface area contributed by atoms with Crippen molar-refractivity contribution in [3.8, 4) is 5.75 Å². The van der Waals surface area contributed by atoms with Crippen LogP contribution in [0.2, 0.25) is 0 Å². The molecule has 4 rings (SSSR count). The summed E-state index contributed by atoms with van der Waals surface area (Å²) < 4.78 is 34.6. The first-order valence-electron chi connectivity index (χ1n) is 11.3. The molecule has 0 radical (unpaired) electrons. The normalized spacial score (nSPS) is 15.3. The van der Waals surface area contributed by atoms with Crippen LogP contribution < -0.4 is 14.4 Å².